The predicted molar refractivity (Wildman–Crippen MR) is 60.7 cm³/mol. The molecule has 8 heteroatoms. The number of H-pyrrole nitrogens is 1. The van der Waals surface area contributed by atoms with Crippen LogP contribution in [0.4, 0.5) is 11.5 Å². The molecule has 0 fully saturated rings. The summed E-state index contributed by atoms with van der Waals surface area (Å²) in [6.45, 7) is 3.00. The van der Waals surface area contributed by atoms with Crippen molar-refractivity contribution in [3.8, 4) is 0 Å². The van der Waals surface area contributed by atoms with Crippen LogP contribution in [0.15, 0.2) is 0 Å². The average Bonchev–Trinajstić information content (AvgIpc) is 2.47. The Balaban J connectivity index is 2.84. The molecule has 1 unspecified atom stereocenters. The lowest BCUT2D eigenvalue weighted by Gasteiger charge is -2.08. The van der Waals surface area contributed by atoms with Crippen molar-refractivity contribution < 1.29 is 13.2 Å². The van der Waals surface area contributed by atoms with Crippen molar-refractivity contribution in [2.45, 2.75) is 19.1 Å². The number of aromatic nitrogens is 2. The molecule has 0 bridgehead atoms. The molecular formula is C8H14N4O3S. The number of hydrogen-bond donors (Lipinski definition) is 3. The lowest BCUT2D eigenvalue weighted by molar-refractivity contribution is -0.115. The smallest absolute Gasteiger partial charge is 0.243 e. The van der Waals surface area contributed by atoms with Crippen molar-refractivity contribution in [1.29, 1.82) is 0 Å². The zero-order chi connectivity index (χ0) is 12.5. The van der Waals surface area contributed by atoms with Crippen LogP contribution in [0.2, 0.25) is 0 Å². The maximum absolute atomic E-state index is 11.5. The topological polar surface area (TPSA) is 118 Å². The summed E-state index contributed by atoms with van der Waals surface area (Å²) in [6, 6.07) is 0. The second-order valence-corrected chi connectivity index (χ2v) is 5.94. The molecule has 4 N–H and O–H groups in total. The number of aryl methyl sites for hydroxylation is 1. The van der Waals surface area contributed by atoms with Crippen LogP contribution in [0.5, 0.6) is 0 Å². The number of hydrogen-bond acceptors (Lipinski definition) is 5. The van der Waals surface area contributed by atoms with Crippen LogP contribution in [0.1, 0.15) is 12.6 Å². The Morgan fingerprint density at radius 1 is 1.56 bits per heavy atom. The summed E-state index contributed by atoms with van der Waals surface area (Å²) < 4.78 is 22.3. The van der Waals surface area contributed by atoms with E-state index >= 15 is 0 Å². The van der Waals surface area contributed by atoms with Crippen LogP contribution in [-0.4, -0.2) is 36.0 Å². The SMILES string of the molecule is Cc1[nH]nc(NC(=O)C(C)S(C)(=O)=O)c1N. The molecule has 90 valence electrons. The van der Waals surface area contributed by atoms with Gasteiger partial charge in [-0.15, -0.1) is 0 Å². The second-order valence-electron chi connectivity index (χ2n) is 3.57. The molecule has 7 nitrogen and oxygen atoms in total. The van der Waals surface area contributed by atoms with Crippen molar-refractivity contribution in [2.24, 2.45) is 0 Å². The fraction of sp³-hybridized carbons (Fsp3) is 0.500. The molecule has 0 saturated carbocycles. The lowest BCUT2D eigenvalue weighted by Crippen LogP contribution is -2.32. The Kier molecular flexibility index (Phi) is 3.22. The summed E-state index contributed by atoms with van der Waals surface area (Å²) in [5.74, 6) is -0.501. The van der Waals surface area contributed by atoms with E-state index in [-0.39, 0.29) is 5.82 Å². The van der Waals surface area contributed by atoms with Gasteiger partial charge in [0.1, 0.15) is 5.25 Å². The lowest BCUT2D eigenvalue weighted by atomic mass is 10.3. The molecule has 1 rings (SSSR count). The van der Waals surface area contributed by atoms with Crippen molar-refractivity contribution in [3.05, 3.63) is 5.69 Å². The van der Waals surface area contributed by atoms with Gasteiger partial charge in [-0.3, -0.25) is 9.89 Å². The van der Waals surface area contributed by atoms with Gasteiger partial charge in [0.05, 0.1) is 11.4 Å². The van der Waals surface area contributed by atoms with Crippen LogP contribution in [0.25, 0.3) is 0 Å². The number of rotatable bonds is 3. The summed E-state index contributed by atoms with van der Waals surface area (Å²) in [5, 5.41) is 7.54. The Labute approximate surface area is 93.3 Å². The first-order valence-corrected chi connectivity index (χ1v) is 6.49. The zero-order valence-electron chi connectivity index (χ0n) is 9.23. The molecule has 0 aromatic carbocycles. The third-order valence-corrected chi connectivity index (χ3v) is 3.75. The monoisotopic (exact) mass is 246 g/mol. The van der Waals surface area contributed by atoms with Crippen LogP contribution in [0.3, 0.4) is 0 Å². The van der Waals surface area contributed by atoms with Crippen LogP contribution in [0, 0.1) is 6.92 Å². The van der Waals surface area contributed by atoms with E-state index in [2.05, 4.69) is 15.5 Å². The van der Waals surface area contributed by atoms with Gasteiger partial charge < -0.3 is 11.1 Å². The van der Waals surface area contributed by atoms with Gasteiger partial charge in [-0.25, -0.2) is 8.42 Å². The highest BCUT2D eigenvalue weighted by Crippen LogP contribution is 2.18. The van der Waals surface area contributed by atoms with Crippen molar-refractivity contribution >= 4 is 27.2 Å². The average molecular weight is 246 g/mol. The van der Waals surface area contributed by atoms with E-state index in [1.54, 1.807) is 6.92 Å². The van der Waals surface area contributed by atoms with Gasteiger partial charge in [-0.05, 0) is 13.8 Å². The first-order valence-electron chi connectivity index (χ1n) is 4.53. The Morgan fingerprint density at radius 3 is 2.50 bits per heavy atom. The molecule has 1 aromatic heterocycles. The fourth-order valence-electron chi connectivity index (χ4n) is 0.946. The fourth-order valence-corrected chi connectivity index (χ4v) is 1.39. The summed E-state index contributed by atoms with van der Waals surface area (Å²) >= 11 is 0. The summed E-state index contributed by atoms with van der Waals surface area (Å²) in [6.07, 6.45) is 0.996. The van der Waals surface area contributed by atoms with E-state index in [1.165, 1.54) is 6.92 Å². The minimum atomic E-state index is -3.42. The van der Waals surface area contributed by atoms with Gasteiger partial charge >= 0.3 is 0 Å². The molecule has 16 heavy (non-hydrogen) atoms. The number of nitrogen functional groups attached to an aromatic ring is 1. The largest absolute Gasteiger partial charge is 0.394 e. The third kappa shape index (κ3) is 2.51. The van der Waals surface area contributed by atoms with Gasteiger partial charge in [-0.2, -0.15) is 5.10 Å². The number of sulfone groups is 1. The molecule has 0 saturated heterocycles. The molecule has 1 aromatic rings. The van der Waals surface area contributed by atoms with Gasteiger partial charge in [0.2, 0.25) is 5.91 Å². The molecule has 0 aliphatic carbocycles. The maximum Gasteiger partial charge on any atom is 0.243 e. The van der Waals surface area contributed by atoms with Crippen LogP contribution in [-0.2, 0) is 14.6 Å². The first kappa shape index (κ1) is 12.5. The minimum Gasteiger partial charge on any atom is -0.394 e. The summed E-state index contributed by atoms with van der Waals surface area (Å²) in [5.41, 5.74) is 6.52. The van der Waals surface area contributed by atoms with Crippen LogP contribution < -0.4 is 11.1 Å². The Morgan fingerprint density at radius 2 is 2.12 bits per heavy atom. The normalized spacial score (nSPS) is 13.4. The number of carbonyl (C=O) groups is 1. The quantitative estimate of drug-likeness (QED) is 0.675. The van der Waals surface area contributed by atoms with E-state index in [1.807, 2.05) is 0 Å². The standard InChI is InChI=1S/C8H14N4O3S/c1-4-6(9)7(12-11-4)10-8(13)5(2)16(3,14)15/h5H,9H2,1-3H3,(H2,10,11,12,13). The number of carbonyl (C=O) groups excluding carboxylic acids is 1. The molecular weight excluding hydrogens is 232 g/mol. The van der Waals surface area contributed by atoms with Crippen molar-refractivity contribution in [1.82, 2.24) is 10.2 Å². The van der Waals surface area contributed by atoms with E-state index < -0.39 is 21.0 Å². The molecule has 0 aliphatic rings. The van der Waals surface area contributed by atoms with E-state index in [9.17, 15) is 13.2 Å². The van der Waals surface area contributed by atoms with E-state index in [4.69, 9.17) is 5.73 Å². The van der Waals surface area contributed by atoms with Gasteiger partial charge in [0.15, 0.2) is 15.7 Å². The zero-order valence-corrected chi connectivity index (χ0v) is 10.1. The molecule has 1 heterocycles. The maximum atomic E-state index is 11.5. The Bertz CT molecular complexity index is 505. The highest BCUT2D eigenvalue weighted by atomic mass is 32.2. The molecule has 1 atom stereocenters. The second kappa shape index (κ2) is 4.12. The number of aromatic amines is 1. The Hall–Kier alpha value is -1.57. The molecule has 0 aliphatic heterocycles. The number of nitrogens with one attached hydrogen (secondary N) is 2. The molecule has 0 radical (unpaired) electrons. The number of anilines is 2. The van der Waals surface area contributed by atoms with E-state index in [0.29, 0.717) is 11.4 Å². The number of nitrogens with two attached hydrogens (primary N) is 1. The third-order valence-electron chi connectivity index (χ3n) is 2.25. The molecule has 0 spiro atoms. The highest BCUT2D eigenvalue weighted by molar-refractivity contribution is 7.92. The van der Waals surface area contributed by atoms with Gasteiger partial charge in [-0.1, -0.05) is 0 Å². The number of nitrogens with zero attached hydrogens (tertiary/aromatic N) is 1. The highest BCUT2D eigenvalue weighted by Gasteiger charge is 2.24. The van der Waals surface area contributed by atoms with Crippen LogP contribution >= 0.6 is 0 Å². The molecule has 1 amide bonds. The number of amides is 1. The van der Waals surface area contributed by atoms with E-state index in [0.717, 1.165) is 6.26 Å². The predicted octanol–water partition coefficient (Wildman–Crippen LogP) is -0.328. The van der Waals surface area contributed by atoms with Gasteiger partial charge in [0, 0.05) is 6.26 Å². The minimum absolute atomic E-state index is 0.151. The first-order chi connectivity index (χ1) is 7.23. The van der Waals surface area contributed by atoms with Crippen molar-refractivity contribution in [2.75, 3.05) is 17.3 Å². The van der Waals surface area contributed by atoms with Crippen molar-refractivity contribution in [3.63, 3.8) is 0 Å². The summed E-state index contributed by atoms with van der Waals surface area (Å²) in [7, 11) is -3.42. The van der Waals surface area contributed by atoms with Gasteiger partial charge in [0.25, 0.3) is 0 Å². The summed E-state index contributed by atoms with van der Waals surface area (Å²) in [4.78, 5) is 11.5.